The lowest BCUT2D eigenvalue weighted by Crippen LogP contribution is -2.25. The van der Waals surface area contributed by atoms with Crippen LogP contribution in [0.5, 0.6) is 0 Å². The van der Waals surface area contributed by atoms with E-state index in [1.54, 1.807) is 13.8 Å². The van der Waals surface area contributed by atoms with Gasteiger partial charge in [0.15, 0.2) is 0 Å². The Hall–Kier alpha value is -1.03. The third-order valence-corrected chi connectivity index (χ3v) is 0.750. The normalized spacial score (nSPS) is 8.91. The van der Waals surface area contributed by atoms with Crippen molar-refractivity contribution in [2.75, 3.05) is 13.2 Å². The molecule has 0 heterocycles. The lowest BCUT2D eigenvalue weighted by Gasteiger charge is -2.04. The van der Waals surface area contributed by atoms with E-state index in [0.29, 0.717) is 13.2 Å². The molecule has 0 rings (SSSR count). The Labute approximate surface area is 66.1 Å². The van der Waals surface area contributed by atoms with Crippen LogP contribution in [0, 0.1) is 0 Å². The van der Waals surface area contributed by atoms with E-state index in [1.165, 1.54) is 0 Å². The highest BCUT2D eigenvalue weighted by Gasteiger charge is 1.97. The van der Waals surface area contributed by atoms with Crippen molar-refractivity contribution in [3.8, 4) is 0 Å². The molecule has 4 heteroatoms. The van der Waals surface area contributed by atoms with E-state index in [1.807, 2.05) is 0 Å². The van der Waals surface area contributed by atoms with Gasteiger partial charge in [-0.05, 0) is 13.8 Å². The van der Waals surface area contributed by atoms with Crippen LogP contribution in [0.15, 0.2) is 12.2 Å². The molecule has 0 aliphatic carbocycles. The maximum Gasteiger partial charge on any atom is 0.431 e. The maximum atomic E-state index is 10.5. The van der Waals surface area contributed by atoms with Crippen LogP contribution in [0.2, 0.25) is 0 Å². The van der Waals surface area contributed by atoms with Gasteiger partial charge in [-0.1, -0.05) is 12.2 Å². The van der Waals surface area contributed by atoms with Crippen LogP contribution in [-0.4, -0.2) is 19.3 Å². The third kappa shape index (κ3) is 6.86. The summed E-state index contributed by atoms with van der Waals surface area (Å²) in [5, 5.41) is 0. The number of hydrogen-bond donors (Lipinski definition) is 1. The zero-order chi connectivity index (χ0) is 8.69. The second kappa shape index (κ2) is 5.73. The molecule has 0 bridgehead atoms. The Kier molecular flexibility index (Phi) is 5.20. The summed E-state index contributed by atoms with van der Waals surface area (Å²) in [5.41, 5.74) is 2.93. The van der Waals surface area contributed by atoms with Crippen molar-refractivity contribution >= 4 is 6.09 Å². The SMILES string of the molecule is C=C(C)CONC(=O)OCC. The minimum Gasteiger partial charge on any atom is -0.448 e. The fourth-order valence-electron chi connectivity index (χ4n) is 0.379. The smallest absolute Gasteiger partial charge is 0.431 e. The molecule has 0 aromatic rings. The number of ether oxygens (including phenoxy) is 1. The first kappa shape index (κ1) is 9.97. The van der Waals surface area contributed by atoms with Crippen LogP contribution in [0.4, 0.5) is 4.79 Å². The van der Waals surface area contributed by atoms with E-state index < -0.39 is 6.09 Å². The van der Waals surface area contributed by atoms with Crippen LogP contribution in [-0.2, 0) is 9.57 Å². The molecule has 0 aromatic heterocycles. The van der Waals surface area contributed by atoms with Gasteiger partial charge in [-0.3, -0.25) is 4.84 Å². The van der Waals surface area contributed by atoms with E-state index >= 15 is 0 Å². The lowest BCUT2D eigenvalue weighted by molar-refractivity contribution is 0.0410. The number of rotatable bonds is 4. The highest BCUT2D eigenvalue weighted by Crippen LogP contribution is 1.85. The van der Waals surface area contributed by atoms with Crippen molar-refractivity contribution in [3.05, 3.63) is 12.2 Å². The van der Waals surface area contributed by atoms with E-state index in [4.69, 9.17) is 0 Å². The van der Waals surface area contributed by atoms with Gasteiger partial charge >= 0.3 is 6.09 Å². The van der Waals surface area contributed by atoms with Gasteiger partial charge in [-0.15, -0.1) is 0 Å². The van der Waals surface area contributed by atoms with Crippen molar-refractivity contribution in [1.82, 2.24) is 5.48 Å². The summed E-state index contributed by atoms with van der Waals surface area (Å²) in [5.74, 6) is 0. The first-order valence-electron chi connectivity index (χ1n) is 3.35. The van der Waals surface area contributed by atoms with E-state index in [-0.39, 0.29) is 0 Å². The van der Waals surface area contributed by atoms with Gasteiger partial charge in [-0.25, -0.2) is 4.79 Å². The number of amides is 1. The number of nitrogens with one attached hydrogen (secondary N) is 1. The van der Waals surface area contributed by atoms with Gasteiger partial charge in [0.05, 0.1) is 13.2 Å². The molecule has 0 aromatic carbocycles. The van der Waals surface area contributed by atoms with Crippen LogP contribution < -0.4 is 5.48 Å². The second-order valence-electron chi connectivity index (χ2n) is 2.07. The van der Waals surface area contributed by atoms with Gasteiger partial charge in [-0.2, -0.15) is 5.48 Å². The summed E-state index contributed by atoms with van der Waals surface area (Å²) in [6.07, 6.45) is -0.575. The molecule has 11 heavy (non-hydrogen) atoms. The van der Waals surface area contributed by atoms with Crippen molar-refractivity contribution in [1.29, 1.82) is 0 Å². The molecule has 0 aliphatic heterocycles. The van der Waals surface area contributed by atoms with Gasteiger partial charge in [0, 0.05) is 0 Å². The predicted octanol–water partition coefficient (Wildman–Crippen LogP) is 1.24. The minimum atomic E-state index is -0.575. The first-order chi connectivity index (χ1) is 5.16. The summed E-state index contributed by atoms with van der Waals surface area (Å²) < 4.78 is 4.52. The summed E-state index contributed by atoms with van der Waals surface area (Å²) >= 11 is 0. The van der Waals surface area contributed by atoms with Gasteiger partial charge in [0.2, 0.25) is 0 Å². The Morgan fingerprint density at radius 2 is 2.27 bits per heavy atom. The van der Waals surface area contributed by atoms with Crippen molar-refractivity contribution in [2.45, 2.75) is 13.8 Å². The summed E-state index contributed by atoms with van der Waals surface area (Å²) in [6, 6.07) is 0. The Morgan fingerprint density at radius 3 is 2.73 bits per heavy atom. The largest absolute Gasteiger partial charge is 0.448 e. The fraction of sp³-hybridized carbons (Fsp3) is 0.571. The van der Waals surface area contributed by atoms with E-state index in [2.05, 4.69) is 21.6 Å². The average molecular weight is 159 g/mol. The summed E-state index contributed by atoms with van der Waals surface area (Å²) in [7, 11) is 0. The predicted molar refractivity (Wildman–Crippen MR) is 40.9 cm³/mol. The van der Waals surface area contributed by atoms with Gasteiger partial charge in [0.25, 0.3) is 0 Å². The number of carbonyl (C=O) groups is 1. The van der Waals surface area contributed by atoms with E-state index in [9.17, 15) is 4.79 Å². The highest BCUT2D eigenvalue weighted by molar-refractivity contribution is 5.65. The quantitative estimate of drug-likeness (QED) is 0.496. The molecule has 4 nitrogen and oxygen atoms in total. The molecule has 1 N–H and O–H groups in total. The van der Waals surface area contributed by atoms with Gasteiger partial charge in [0.1, 0.15) is 0 Å². The molecule has 0 fully saturated rings. The van der Waals surface area contributed by atoms with Crippen LogP contribution in [0.25, 0.3) is 0 Å². The number of hydrogen-bond acceptors (Lipinski definition) is 3. The van der Waals surface area contributed by atoms with Gasteiger partial charge < -0.3 is 4.74 Å². The number of hydroxylamine groups is 1. The molecule has 0 radical (unpaired) electrons. The first-order valence-corrected chi connectivity index (χ1v) is 3.35. The topological polar surface area (TPSA) is 47.6 Å². The minimum absolute atomic E-state index is 0.304. The van der Waals surface area contributed by atoms with Crippen molar-refractivity contribution in [2.24, 2.45) is 0 Å². The molecule has 0 spiro atoms. The molecule has 1 amide bonds. The van der Waals surface area contributed by atoms with E-state index in [0.717, 1.165) is 5.57 Å². The summed E-state index contributed by atoms with van der Waals surface area (Å²) in [4.78, 5) is 15.2. The van der Waals surface area contributed by atoms with Crippen LogP contribution in [0.1, 0.15) is 13.8 Å². The molecule has 0 saturated carbocycles. The molecule has 0 atom stereocenters. The molecule has 0 unspecified atom stereocenters. The zero-order valence-electron chi connectivity index (χ0n) is 6.85. The zero-order valence-corrected chi connectivity index (χ0v) is 6.85. The maximum absolute atomic E-state index is 10.5. The molecular formula is C7H13NO3. The van der Waals surface area contributed by atoms with Crippen molar-refractivity contribution < 1.29 is 14.4 Å². The highest BCUT2D eigenvalue weighted by atomic mass is 16.7. The van der Waals surface area contributed by atoms with Crippen LogP contribution >= 0.6 is 0 Å². The molecule has 0 saturated heterocycles. The monoisotopic (exact) mass is 159 g/mol. The second-order valence-corrected chi connectivity index (χ2v) is 2.07. The van der Waals surface area contributed by atoms with Crippen molar-refractivity contribution in [3.63, 3.8) is 0 Å². The number of carbonyl (C=O) groups excluding carboxylic acids is 1. The average Bonchev–Trinajstić information content (AvgIpc) is 1.87. The molecular weight excluding hydrogens is 146 g/mol. The Bertz CT molecular complexity index is 145. The third-order valence-electron chi connectivity index (χ3n) is 0.750. The lowest BCUT2D eigenvalue weighted by atomic mass is 10.4. The fourth-order valence-corrected chi connectivity index (χ4v) is 0.379. The Balaban J connectivity index is 3.24. The molecule has 0 aliphatic rings. The van der Waals surface area contributed by atoms with Crippen LogP contribution in [0.3, 0.4) is 0 Å². The summed E-state index contributed by atoms with van der Waals surface area (Å²) in [6.45, 7) is 7.74. The standard InChI is InChI=1S/C7H13NO3/c1-4-10-7(9)8-11-5-6(2)3/h2,4-5H2,1,3H3,(H,8,9). The molecule has 64 valence electrons. The Morgan fingerprint density at radius 1 is 1.64 bits per heavy atom.